The molecule has 0 aliphatic carbocycles. The van der Waals surface area contributed by atoms with Gasteiger partial charge in [0.25, 0.3) is 0 Å². The Morgan fingerprint density at radius 3 is 2.25 bits per heavy atom. The Kier molecular flexibility index (Phi) is 4.35. The van der Waals surface area contributed by atoms with Crippen molar-refractivity contribution in [1.82, 2.24) is 5.32 Å². The highest BCUT2D eigenvalue weighted by atomic mass is 19.2. The molecular formula is C12H16F3N. The molecule has 90 valence electrons. The first kappa shape index (κ1) is 13.0. The summed E-state index contributed by atoms with van der Waals surface area (Å²) < 4.78 is 39.3. The van der Waals surface area contributed by atoms with Gasteiger partial charge in [0.15, 0.2) is 17.5 Å². The van der Waals surface area contributed by atoms with Crippen molar-refractivity contribution in [3.8, 4) is 0 Å². The molecule has 4 heteroatoms. The summed E-state index contributed by atoms with van der Waals surface area (Å²) in [5.74, 6) is -3.31. The van der Waals surface area contributed by atoms with Crippen LogP contribution in [0.3, 0.4) is 0 Å². The van der Waals surface area contributed by atoms with Crippen molar-refractivity contribution in [3.63, 3.8) is 0 Å². The molecule has 0 saturated carbocycles. The van der Waals surface area contributed by atoms with Gasteiger partial charge >= 0.3 is 0 Å². The smallest absolute Gasteiger partial charge is 0.194 e. The van der Waals surface area contributed by atoms with Gasteiger partial charge in [-0.1, -0.05) is 19.9 Å². The van der Waals surface area contributed by atoms with E-state index in [1.165, 1.54) is 6.07 Å². The fourth-order valence-electron chi connectivity index (χ4n) is 1.68. The third kappa shape index (κ3) is 2.76. The maximum absolute atomic E-state index is 13.5. The van der Waals surface area contributed by atoms with Crippen LogP contribution in [0.4, 0.5) is 13.2 Å². The van der Waals surface area contributed by atoms with E-state index in [4.69, 9.17) is 0 Å². The fourth-order valence-corrected chi connectivity index (χ4v) is 1.68. The third-order valence-corrected chi connectivity index (χ3v) is 2.50. The first-order valence-electron chi connectivity index (χ1n) is 5.28. The van der Waals surface area contributed by atoms with Crippen LogP contribution in [-0.2, 0) is 0 Å². The van der Waals surface area contributed by atoms with E-state index in [1.54, 1.807) is 7.05 Å². The van der Waals surface area contributed by atoms with Crippen molar-refractivity contribution in [2.24, 2.45) is 5.92 Å². The Hall–Kier alpha value is -1.03. The molecule has 1 aromatic carbocycles. The largest absolute Gasteiger partial charge is 0.313 e. The molecule has 0 bridgehead atoms. The van der Waals surface area contributed by atoms with Crippen LogP contribution in [0.15, 0.2) is 12.1 Å². The highest BCUT2D eigenvalue weighted by Gasteiger charge is 2.20. The Morgan fingerprint density at radius 1 is 1.12 bits per heavy atom. The Bertz CT molecular complexity index is 364. The van der Waals surface area contributed by atoms with E-state index in [1.807, 2.05) is 13.8 Å². The Balaban J connectivity index is 3.06. The second kappa shape index (κ2) is 5.34. The van der Waals surface area contributed by atoms with Gasteiger partial charge in [0, 0.05) is 11.6 Å². The van der Waals surface area contributed by atoms with Gasteiger partial charge < -0.3 is 5.32 Å². The van der Waals surface area contributed by atoms with Gasteiger partial charge in [-0.3, -0.25) is 0 Å². The van der Waals surface area contributed by atoms with Gasteiger partial charge in [-0.2, -0.15) is 0 Å². The number of hydrogen-bond acceptors (Lipinski definition) is 1. The van der Waals surface area contributed by atoms with Gasteiger partial charge in [-0.05, 0) is 25.5 Å². The molecule has 1 unspecified atom stereocenters. The van der Waals surface area contributed by atoms with Gasteiger partial charge in [-0.15, -0.1) is 0 Å². The number of rotatable bonds is 4. The monoisotopic (exact) mass is 231 g/mol. The molecule has 0 aliphatic heterocycles. The van der Waals surface area contributed by atoms with Crippen LogP contribution in [0.2, 0.25) is 0 Å². The minimum Gasteiger partial charge on any atom is -0.313 e. The van der Waals surface area contributed by atoms with Crippen molar-refractivity contribution in [1.29, 1.82) is 0 Å². The normalized spacial score (nSPS) is 13.2. The molecule has 1 nitrogen and oxygen atoms in total. The summed E-state index contributed by atoms with van der Waals surface area (Å²) in [6, 6.07) is 1.95. The van der Waals surface area contributed by atoms with Crippen LogP contribution in [0.5, 0.6) is 0 Å². The summed E-state index contributed by atoms with van der Waals surface area (Å²) >= 11 is 0. The zero-order chi connectivity index (χ0) is 12.3. The van der Waals surface area contributed by atoms with Crippen LogP contribution >= 0.6 is 0 Å². The molecule has 16 heavy (non-hydrogen) atoms. The minimum absolute atomic E-state index is 0.176. The number of halogens is 3. The summed E-state index contributed by atoms with van der Waals surface area (Å²) in [5.41, 5.74) is 0.176. The fraction of sp³-hybridized carbons (Fsp3) is 0.500. The summed E-state index contributed by atoms with van der Waals surface area (Å²) in [5, 5.41) is 2.91. The average Bonchev–Trinajstić information content (AvgIpc) is 2.23. The van der Waals surface area contributed by atoms with Crippen LogP contribution in [0.25, 0.3) is 0 Å². The van der Waals surface area contributed by atoms with Crippen molar-refractivity contribution >= 4 is 0 Å². The maximum atomic E-state index is 13.5. The van der Waals surface area contributed by atoms with Gasteiger partial charge in [0.1, 0.15) is 0 Å². The molecule has 1 atom stereocenters. The van der Waals surface area contributed by atoms with E-state index in [0.717, 1.165) is 6.07 Å². The lowest BCUT2D eigenvalue weighted by molar-refractivity contribution is 0.406. The molecule has 0 fully saturated rings. The van der Waals surface area contributed by atoms with E-state index >= 15 is 0 Å². The lowest BCUT2D eigenvalue weighted by Gasteiger charge is -2.19. The molecule has 0 heterocycles. The van der Waals surface area contributed by atoms with Crippen LogP contribution in [0.1, 0.15) is 31.9 Å². The summed E-state index contributed by atoms with van der Waals surface area (Å²) in [7, 11) is 1.67. The van der Waals surface area contributed by atoms with Crippen LogP contribution in [0, 0.1) is 23.4 Å². The average molecular weight is 231 g/mol. The molecule has 0 aliphatic rings. The van der Waals surface area contributed by atoms with Crippen molar-refractivity contribution < 1.29 is 13.2 Å². The van der Waals surface area contributed by atoms with Crippen LogP contribution < -0.4 is 5.32 Å². The Labute approximate surface area is 93.7 Å². The molecule has 1 aromatic rings. The molecule has 0 saturated heterocycles. The quantitative estimate of drug-likeness (QED) is 0.783. The number of nitrogens with one attached hydrogen (secondary N) is 1. The second-order valence-electron chi connectivity index (χ2n) is 4.24. The lowest BCUT2D eigenvalue weighted by atomic mass is 9.96. The number of hydrogen-bond donors (Lipinski definition) is 1. The zero-order valence-corrected chi connectivity index (χ0v) is 9.65. The lowest BCUT2D eigenvalue weighted by Crippen LogP contribution is -2.20. The topological polar surface area (TPSA) is 12.0 Å². The van der Waals surface area contributed by atoms with Gasteiger partial charge in [0.05, 0.1) is 0 Å². The zero-order valence-electron chi connectivity index (χ0n) is 9.65. The van der Waals surface area contributed by atoms with E-state index < -0.39 is 17.5 Å². The van der Waals surface area contributed by atoms with E-state index in [-0.39, 0.29) is 11.6 Å². The molecule has 1 rings (SSSR count). The predicted octanol–water partition coefficient (Wildman–Crippen LogP) is 3.41. The third-order valence-electron chi connectivity index (χ3n) is 2.50. The predicted molar refractivity (Wildman–Crippen MR) is 57.6 cm³/mol. The molecule has 0 radical (unpaired) electrons. The summed E-state index contributed by atoms with van der Waals surface area (Å²) in [6.45, 7) is 3.98. The van der Waals surface area contributed by atoms with Gasteiger partial charge in [0.2, 0.25) is 0 Å². The van der Waals surface area contributed by atoms with Crippen molar-refractivity contribution in [2.75, 3.05) is 7.05 Å². The molecule has 0 spiro atoms. The summed E-state index contributed by atoms with van der Waals surface area (Å²) in [4.78, 5) is 0. The summed E-state index contributed by atoms with van der Waals surface area (Å²) in [6.07, 6.45) is 0.665. The first-order chi connectivity index (χ1) is 7.47. The molecule has 0 amide bonds. The van der Waals surface area contributed by atoms with E-state index in [2.05, 4.69) is 5.32 Å². The first-order valence-corrected chi connectivity index (χ1v) is 5.28. The van der Waals surface area contributed by atoms with Crippen molar-refractivity contribution in [2.45, 2.75) is 26.3 Å². The molecule has 0 aromatic heterocycles. The number of benzene rings is 1. The van der Waals surface area contributed by atoms with E-state index in [0.29, 0.717) is 12.3 Å². The maximum Gasteiger partial charge on any atom is 0.194 e. The van der Waals surface area contributed by atoms with Crippen molar-refractivity contribution in [3.05, 3.63) is 35.1 Å². The SMILES string of the molecule is CNC(CC(C)C)c1ccc(F)c(F)c1F. The van der Waals surface area contributed by atoms with E-state index in [9.17, 15) is 13.2 Å². The highest BCUT2D eigenvalue weighted by Crippen LogP contribution is 2.25. The Morgan fingerprint density at radius 2 is 1.75 bits per heavy atom. The van der Waals surface area contributed by atoms with Crippen LogP contribution in [-0.4, -0.2) is 7.05 Å². The second-order valence-corrected chi connectivity index (χ2v) is 4.24. The standard InChI is InChI=1S/C12H16F3N/c1-7(2)6-10(16-3)8-4-5-9(13)12(15)11(8)14/h4-5,7,10,16H,6H2,1-3H3. The minimum atomic E-state index is -1.40. The van der Waals surface area contributed by atoms with Gasteiger partial charge in [-0.25, -0.2) is 13.2 Å². The highest BCUT2D eigenvalue weighted by molar-refractivity contribution is 5.23. The molecular weight excluding hydrogens is 215 g/mol. The molecule has 1 N–H and O–H groups in total.